The van der Waals surface area contributed by atoms with Crippen LogP contribution in [0.3, 0.4) is 0 Å². The summed E-state index contributed by atoms with van der Waals surface area (Å²) < 4.78 is 33.8. The minimum atomic E-state index is -3.71. The van der Waals surface area contributed by atoms with E-state index in [0.29, 0.717) is 13.0 Å². The second kappa shape index (κ2) is 11.8. The van der Waals surface area contributed by atoms with Crippen molar-refractivity contribution in [1.29, 1.82) is 0 Å². The number of hydroxylamine groups is 1. The lowest BCUT2D eigenvalue weighted by Gasteiger charge is -2.25. The van der Waals surface area contributed by atoms with Gasteiger partial charge in [0.25, 0.3) is 5.91 Å². The van der Waals surface area contributed by atoms with Crippen molar-refractivity contribution in [2.75, 3.05) is 45.7 Å². The molecule has 2 aromatic carbocycles. The number of rotatable bonds is 11. The molecule has 1 fully saturated rings. The molecule has 1 amide bonds. The fourth-order valence-corrected chi connectivity index (χ4v) is 4.85. The van der Waals surface area contributed by atoms with Gasteiger partial charge < -0.3 is 14.4 Å². The van der Waals surface area contributed by atoms with E-state index < -0.39 is 20.5 Å². The SMILES string of the molecule is C[C@@](CCc1ccc(-c2ccc(OCCC[NH+]3CCOCC3)cc2)cc1)(C(=O)NO)S(C)(=O)=O. The fourth-order valence-electron chi connectivity index (χ4n) is 4.00. The van der Waals surface area contributed by atoms with Gasteiger partial charge in [-0.3, -0.25) is 10.0 Å². The highest BCUT2D eigenvalue weighted by Gasteiger charge is 2.43. The van der Waals surface area contributed by atoms with E-state index in [1.807, 2.05) is 48.5 Å². The number of hydrogen-bond acceptors (Lipinski definition) is 6. The number of aryl methyl sites for hydroxylation is 1. The fraction of sp³-hybridized carbons (Fsp3) is 0.480. The number of quaternary nitrogens is 1. The quantitative estimate of drug-likeness (QED) is 0.248. The van der Waals surface area contributed by atoms with Crippen LogP contribution in [0.15, 0.2) is 48.5 Å². The molecule has 0 spiro atoms. The number of carbonyl (C=O) groups excluding carboxylic acids is 1. The monoisotopic (exact) mass is 491 g/mol. The molecule has 1 heterocycles. The molecule has 2 aromatic rings. The van der Waals surface area contributed by atoms with E-state index in [2.05, 4.69) is 0 Å². The molecule has 0 unspecified atom stereocenters. The summed E-state index contributed by atoms with van der Waals surface area (Å²) in [5, 5.41) is 8.95. The lowest BCUT2D eigenvalue weighted by molar-refractivity contribution is -0.908. The van der Waals surface area contributed by atoms with Crippen molar-refractivity contribution in [3.63, 3.8) is 0 Å². The van der Waals surface area contributed by atoms with Crippen LogP contribution in [0.2, 0.25) is 0 Å². The molecule has 186 valence electrons. The summed E-state index contributed by atoms with van der Waals surface area (Å²) in [6.07, 6.45) is 2.47. The summed E-state index contributed by atoms with van der Waals surface area (Å²) in [7, 11) is -3.71. The van der Waals surface area contributed by atoms with Crippen molar-refractivity contribution in [2.24, 2.45) is 0 Å². The average Bonchev–Trinajstić information content (AvgIpc) is 2.85. The van der Waals surface area contributed by atoms with Gasteiger partial charge in [0, 0.05) is 12.7 Å². The molecule has 1 atom stereocenters. The van der Waals surface area contributed by atoms with Crippen LogP contribution in [-0.4, -0.2) is 70.0 Å². The highest BCUT2D eigenvalue weighted by Crippen LogP contribution is 2.26. The van der Waals surface area contributed by atoms with E-state index in [1.165, 1.54) is 12.4 Å². The Bertz CT molecular complexity index is 1030. The van der Waals surface area contributed by atoms with Crippen molar-refractivity contribution >= 4 is 15.7 Å². The molecular formula is C25H35N2O6S+. The number of hydrogen-bond donors (Lipinski definition) is 3. The van der Waals surface area contributed by atoms with Gasteiger partial charge in [0.2, 0.25) is 0 Å². The number of amides is 1. The van der Waals surface area contributed by atoms with E-state index in [4.69, 9.17) is 14.7 Å². The average molecular weight is 492 g/mol. The van der Waals surface area contributed by atoms with E-state index >= 15 is 0 Å². The lowest BCUT2D eigenvalue weighted by Crippen LogP contribution is -3.14. The third kappa shape index (κ3) is 6.79. The van der Waals surface area contributed by atoms with E-state index in [9.17, 15) is 13.2 Å². The van der Waals surface area contributed by atoms with Crippen molar-refractivity contribution in [2.45, 2.75) is 30.9 Å². The van der Waals surface area contributed by atoms with Crippen molar-refractivity contribution < 1.29 is 32.8 Å². The Labute approximate surface area is 201 Å². The van der Waals surface area contributed by atoms with Crippen LogP contribution in [0.25, 0.3) is 11.1 Å². The van der Waals surface area contributed by atoms with Crippen LogP contribution in [-0.2, 0) is 25.8 Å². The van der Waals surface area contributed by atoms with Gasteiger partial charge in [0.1, 0.15) is 23.6 Å². The van der Waals surface area contributed by atoms with Crippen LogP contribution in [0.5, 0.6) is 5.75 Å². The number of sulfone groups is 1. The summed E-state index contributed by atoms with van der Waals surface area (Å²) in [6, 6.07) is 15.8. The van der Waals surface area contributed by atoms with Gasteiger partial charge in [0.05, 0.1) is 26.4 Å². The van der Waals surface area contributed by atoms with Gasteiger partial charge in [-0.25, -0.2) is 13.9 Å². The number of nitrogens with one attached hydrogen (secondary N) is 2. The first-order valence-electron chi connectivity index (χ1n) is 11.6. The van der Waals surface area contributed by atoms with Crippen LogP contribution in [0.1, 0.15) is 25.3 Å². The second-order valence-electron chi connectivity index (χ2n) is 8.98. The van der Waals surface area contributed by atoms with Gasteiger partial charge in [-0.2, -0.15) is 0 Å². The summed E-state index contributed by atoms with van der Waals surface area (Å²) in [5.74, 6) is -0.0733. The summed E-state index contributed by atoms with van der Waals surface area (Å²) in [5.41, 5.74) is 4.48. The molecule has 1 aliphatic rings. The molecule has 9 heteroatoms. The van der Waals surface area contributed by atoms with Crippen LogP contribution < -0.4 is 15.1 Å². The summed E-state index contributed by atoms with van der Waals surface area (Å²) in [6.45, 7) is 6.96. The number of benzene rings is 2. The zero-order chi connectivity index (χ0) is 24.6. The molecule has 0 aliphatic carbocycles. The standard InChI is InChI=1S/C25H34N2O6S/c1-25(24(28)26-29,34(2,30)31)13-12-20-4-6-21(7-5-20)22-8-10-23(11-9-22)33-17-3-14-27-15-18-32-19-16-27/h4-11,29H,3,12-19H2,1-2H3,(H,26,28)/p+1/t25-/m1/s1. The van der Waals surface area contributed by atoms with Gasteiger partial charge >= 0.3 is 0 Å². The number of morpholine rings is 1. The van der Waals surface area contributed by atoms with E-state index in [0.717, 1.165) is 68.0 Å². The van der Waals surface area contributed by atoms with Crippen molar-refractivity contribution in [3.05, 3.63) is 54.1 Å². The summed E-state index contributed by atoms with van der Waals surface area (Å²) >= 11 is 0. The molecule has 0 radical (unpaired) electrons. The highest BCUT2D eigenvalue weighted by atomic mass is 32.2. The largest absolute Gasteiger partial charge is 0.493 e. The number of carbonyl (C=O) groups is 1. The zero-order valence-corrected chi connectivity index (χ0v) is 20.7. The van der Waals surface area contributed by atoms with E-state index in [1.54, 1.807) is 4.90 Å². The maximum absolute atomic E-state index is 12.1. The maximum Gasteiger partial charge on any atom is 0.264 e. The molecule has 1 saturated heterocycles. The smallest absolute Gasteiger partial charge is 0.264 e. The van der Waals surface area contributed by atoms with Gasteiger partial charge in [-0.15, -0.1) is 0 Å². The molecule has 3 N–H and O–H groups in total. The predicted molar refractivity (Wildman–Crippen MR) is 130 cm³/mol. The third-order valence-corrected chi connectivity index (χ3v) is 8.60. The molecular weight excluding hydrogens is 456 g/mol. The van der Waals surface area contributed by atoms with E-state index in [-0.39, 0.29) is 6.42 Å². The first kappa shape index (κ1) is 26.2. The highest BCUT2D eigenvalue weighted by molar-refractivity contribution is 7.92. The summed E-state index contributed by atoms with van der Waals surface area (Å²) in [4.78, 5) is 13.5. The molecule has 8 nitrogen and oxygen atoms in total. The van der Waals surface area contributed by atoms with Gasteiger partial charge in [-0.1, -0.05) is 36.4 Å². The molecule has 1 aliphatic heterocycles. The first-order valence-corrected chi connectivity index (χ1v) is 13.5. The Balaban J connectivity index is 1.51. The van der Waals surface area contributed by atoms with Gasteiger partial charge in [0.15, 0.2) is 9.84 Å². The normalized spacial score (nSPS) is 16.6. The maximum atomic E-state index is 12.1. The topological polar surface area (TPSA) is 106 Å². The minimum absolute atomic E-state index is 0.0661. The molecule has 0 saturated carbocycles. The van der Waals surface area contributed by atoms with Crippen molar-refractivity contribution in [1.82, 2.24) is 5.48 Å². The molecule has 34 heavy (non-hydrogen) atoms. The lowest BCUT2D eigenvalue weighted by atomic mass is 9.97. The van der Waals surface area contributed by atoms with Crippen molar-refractivity contribution in [3.8, 4) is 16.9 Å². The Kier molecular flexibility index (Phi) is 9.07. The Morgan fingerprint density at radius 1 is 1.09 bits per heavy atom. The first-order chi connectivity index (χ1) is 16.2. The Hall–Kier alpha value is -2.46. The molecule has 0 aromatic heterocycles. The second-order valence-corrected chi connectivity index (χ2v) is 11.4. The third-order valence-electron chi connectivity index (χ3n) is 6.58. The van der Waals surface area contributed by atoms with Crippen LogP contribution >= 0.6 is 0 Å². The number of ether oxygens (including phenoxy) is 2. The van der Waals surface area contributed by atoms with Crippen LogP contribution in [0.4, 0.5) is 0 Å². The van der Waals surface area contributed by atoms with Gasteiger partial charge in [-0.05, 0) is 48.6 Å². The molecule has 3 rings (SSSR count). The molecule has 0 bridgehead atoms. The predicted octanol–water partition coefficient (Wildman–Crippen LogP) is 1.28. The Morgan fingerprint density at radius 3 is 2.24 bits per heavy atom. The zero-order valence-electron chi connectivity index (χ0n) is 19.9. The van der Waals surface area contributed by atoms with Crippen LogP contribution in [0, 0.1) is 0 Å². The minimum Gasteiger partial charge on any atom is -0.493 e. The Morgan fingerprint density at radius 2 is 1.68 bits per heavy atom.